The molecule has 0 spiro atoms. The third-order valence-corrected chi connectivity index (χ3v) is 3.54. The first-order valence-corrected chi connectivity index (χ1v) is 7.29. The molecule has 2 aromatic rings. The predicted octanol–water partition coefficient (Wildman–Crippen LogP) is 3.29. The van der Waals surface area contributed by atoms with Crippen LogP contribution >= 0.6 is 11.6 Å². The van der Waals surface area contributed by atoms with Gasteiger partial charge in [-0.25, -0.2) is 0 Å². The highest BCUT2D eigenvalue weighted by atomic mass is 35.5. The quantitative estimate of drug-likeness (QED) is 0.832. The summed E-state index contributed by atoms with van der Waals surface area (Å²) in [6.45, 7) is 2.39. The number of amides is 2. The minimum absolute atomic E-state index is 0.239. The van der Waals surface area contributed by atoms with Gasteiger partial charge in [-0.15, -0.1) is 0 Å². The molecule has 0 radical (unpaired) electrons. The Balaban J connectivity index is 1.83. The van der Waals surface area contributed by atoms with E-state index in [1.807, 2.05) is 31.2 Å². The Hall–Kier alpha value is -2.33. The summed E-state index contributed by atoms with van der Waals surface area (Å²) in [7, 11) is 0. The summed E-state index contributed by atoms with van der Waals surface area (Å²) < 4.78 is 0. The molecule has 0 bridgehead atoms. The standard InChI is InChI=1S/C17H17ClN2O2/c1-12-6-2-3-7-13(12)11-19-16(21)10-17(22)20-15-9-5-4-8-14(15)18/h2-9H,10-11H2,1H3,(H,19,21)(H,20,22). The molecule has 2 rings (SSSR count). The van der Waals surface area contributed by atoms with Gasteiger partial charge in [0.05, 0.1) is 10.7 Å². The molecule has 0 fully saturated rings. The summed E-state index contributed by atoms with van der Waals surface area (Å²) in [6.07, 6.45) is -0.239. The van der Waals surface area contributed by atoms with E-state index in [2.05, 4.69) is 10.6 Å². The van der Waals surface area contributed by atoms with E-state index in [0.29, 0.717) is 17.3 Å². The summed E-state index contributed by atoms with van der Waals surface area (Å²) in [5, 5.41) is 5.80. The number of carbonyl (C=O) groups excluding carboxylic acids is 2. The lowest BCUT2D eigenvalue weighted by Gasteiger charge is -2.09. The van der Waals surface area contributed by atoms with Gasteiger partial charge in [0.25, 0.3) is 0 Å². The molecule has 2 amide bonds. The summed E-state index contributed by atoms with van der Waals surface area (Å²) >= 11 is 5.95. The fourth-order valence-electron chi connectivity index (χ4n) is 1.97. The van der Waals surface area contributed by atoms with Crippen LogP contribution in [0.3, 0.4) is 0 Å². The van der Waals surface area contributed by atoms with Crippen LogP contribution < -0.4 is 10.6 Å². The highest BCUT2D eigenvalue weighted by Crippen LogP contribution is 2.20. The maximum Gasteiger partial charge on any atom is 0.233 e. The van der Waals surface area contributed by atoms with E-state index in [1.54, 1.807) is 24.3 Å². The van der Waals surface area contributed by atoms with Crippen molar-refractivity contribution >= 4 is 29.1 Å². The molecule has 2 aromatic carbocycles. The molecule has 2 N–H and O–H groups in total. The van der Waals surface area contributed by atoms with Crippen molar-refractivity contribution < 1.29 is 9.59 Å². The zero-order valence-corrected chi connectivity index (χ0v) is 13.0. The molecule has 22 heavy (non-hydrogen) atoms. The molecule has 0 aliphatic heterocycles. The minimum Gasteiger partial charge on any atom is -0.352 e. The van der Waals surface area contributed by atoms with Gasteiger partial charge < -0.3 is 10.6 Å². The van der Waals surface area contributed by atoms with Crippen LogP contribution in [0.1, 0.15) is 17.5 Å². The molecule has 0 aliphatic carbocycles. The molecule has 0 aromatic heterocycles. The van der Waals surface area contributed by atoms with Gasteiger partial charge in [0.2, 0.25) is 11.8 Å². The molecule has 0 aliphatic rings. The van der Waals surface area contributed by atoms with E-state index in [1.165, 1.54) is 0 Å². The van der Waals surface area contributed by atoms with Crippen LogP contribution in [-0.2, 0) is 16.1 Å². The van der Waals surface area contributed by atoms with Crippen molar-refractivity contribution in [2.24, 2.45) is 0 Å². The number of para-hydroxylation sites is 1. The first-order valence-electron chi connectivity index (χ1n) is 6.92. The number of rotatable bonds is 5. The maximum atomic E-state index is 11.8. The highest BCUT2D eigenvalue weighted by molar-refractivity contribution is 6.33. The number of anilines is 1. The van der Waals surface area contributed by atoms with Gasteiger partial charge in [-0.3, -0.25) is 9.59 Å². The largest absolute Gasteiger partial charge is 0.352 e. The summed E-state index contributed by atoms with van der Waals surface area (Å²) in [5.74, 6) is -0.719. The Kier molecular flexibility index (Phi) is 5.55. The molecule has 0 atom stereocenters. The minimum atomic E-state index is -0.393. The number of halogens is 1. The molecule has 0 unspecified atom stereocenters. The van der Waals surface area contributed by atoms with Crippen molar-refractivity contribution in [3.8, 4) is 0 Å². The number of carbonyl (C=O) groups is 2. The molecule has 4 nitrogen and oxygen atoms in total. The van der Waals surface area contributed by atoms with Crippen LogP contribution in [-0.4, -0.2) is 11.8 Å². The van der Waals surface area contributed by atoms with Gasteiger partial charge in [0, 0.05) is 6.54 Å². The lowest BCUT2D eigenvalue weighted by molar-refractivity contribution is -0.126. The average Bonchev–Trinajstić information content (AvgIpc) is 2.49. The zero-order chi connectivity index (χ0) is 15.9. The second kappa shape index (κ2) is 7.61. The fourth-order valence-corrected chi connectivity index (χ4v) is 2.15. The van der Waals surface area contributed by atoms with E-state index in [4.69, 9.17) is 11.6 Å². The number of aryl methyl sites for hydroxylation is 1. The summed E-state index contributed by atoms with van der Waals surface area (Å²) in [5.41, 5.74) is 2.63. The fraction of sp³-hybridized carbons (Fsp3) is 0.176. The van der Waals surface area contributed by atoms with Gasteiger partial charge in [0.1, 0.15) is 6.42 Å². The summed E-state index contributed by atoms with van der Waals surface area (Å²) in [4.78, 5) is 23.6. The third-order valence-electron chi connectivity index (χ3n) is 3.21. The Bertz CT molecular complexity index is 686. The van der Waals surface area contributed by atoms with Crippen molar-refractivity contribution in [3.05, 3.63) is 64.7 Å². The molecular formula is C17H17ClN2O2. The first-order chi connectivity index (χ1) is 10.6. The van der Waals surface area contributed by atoms with Crippen LogP contribution in [0.5, 0.6) is 0 Å². The van der Waals surface area contributed by atoms with Crippen LogP contribution in [0, 0.1) is 6.92 Å². The van der Waals surface area contributed by atoms with Crippen molar-refractivity contribution in [1.29, 1.82) is 0 Å². The van der Waals surface area contributed by atoms with Crippen molar-refractivity contribution in [1.82, 2.24) is 5.32 Å². The van der Waals surface area contributed by atoms with E-state index in [9.17, 15) is 9.59 Å². The van der Waals surface area contributed by atoms with Crippen molar-refractivity contribution in [2.45, 2.75) is 19.9 Å². The van der Waals surface area contributed by atoms with E-state index < -0.39 is 5.91 Å². The SMILES string of the molecule is Cc1ccccc1CNC(=O)CC(=O)Nc1ccccc1Cl. The molecular weight excluding hydrogens is 300 g/mol. The monoisotopic (exact) mass is 316 g/mol. The first kappa shape index (κ1) is 16.0. The molecule has 5 heteroatoms. The van der Waals surface area contributed by atoms with Gasteiger partial charge in [-0.1, -0.05) is 48.0 Å². The Morgan fingerprint density at radius 1 is 1.00 bits per heavy atom. The van der Waals surface area contributed by atoms with Gasteiger partial charge in [0.15, 0.2) is 0 Å². The normalized spacial score (nSPS) is 10.1. The van der Waals surface area contributed by atoms with Crippen LogP contribution in [0.15, 0.2) is 48.5 Å². The van der Waals surface area contributed by atoms with Gasteiger partial charge >= 0.3 is 0 Å². The topological polar surface area (TPSA) is 58.2 Å². The van der Waals surface area contributed by atoms with Crippen LogP contribution in [0.4, 0.5) is 5.69 Å². The Labute approximate surface area is 134 Å². The van der Waals surface area contributed by atoms with E-state index in [0.717, 1.165) is 11.1 Å². The third kappa shape index (κ3) is 4.60. The second-order valence-corrected chi connectivity index (χ2v) is 5.32. The molecule has 114 valence electrons. The predicted molar refractivity (Wildman–Crippen MR) is 87.7 cm³/mol. The van der Waals surface area contributed by atoms with Crippen LogP contribution in [0.2, 0.25) is 5.02 Å². The smallest absolute Gasteiger partial charge is 0.233 e. The molecule has 0 saturated heterocycles. The highest BCUT2D eigenvalue weighted by Gasteiger charge is 2.11. The summed E-state index contributed by atoms with van der Waals surface area (Å²) in [6, 6.07) is 14.7. The zero-order valence-electron chi connectivity index (χ0n) is 12.2. The molecule has 0 saturated carbocycles. The van der Waals surface area contributed by atoms with E-state index in [-0.39, 0.29) is 12.3 Å². The van der Waals surface area contributed by atoms with Crippen LogP contribution in [0.25, 0.3) is 0 Å². The number of benzene rings is 2. The van der Waals surface area contributed by atoms with Crippen molar-refractivity contribution in [3.63, 3.8) is 0 Å². The number of nitrogens with one attached hydrogen (secondary N) is 2. The molecule has 0 heterocycles. The lowest BCUT2D eigenvalue weighted by atomic mass is 10.1. The van der Waals surface area contributed by atoms with Gasteiger partial charge in [-0.05, 0) is 30.2 Å². The maximum absolute atomic E-state index is 11.8. The second-order valence-electron chi connectivity index (χ2n) is 4.91. The van der Waals surface area contributed by atoms with Gasteiger partial charge in [-0.2, -0.15) is 0 Å². The Morgan fingerprint density at radius 2 is 1.68 bits per heavy atom. The number of hydrogen-bond acceptors (Lipinski definition) is 2. The average molecular weight is 317 g/mol. The van der Waals surface area contributed by atoms with Crippen molar-refractivity contribution in [2.75, 3.05) is 5.32 Å². The lowest BCUT2D eigenvalue weighted by Crippen LogP contribution is -2.28. The number of hydrogen-bond donors (Lipinski definition) is 2. The van der Waals surface area contributed by atoms with E-state index >= 15 is 0 Å². The Morgan fingerprint density at radius 3 is 2.41 bits per heavy atom.